The number of carbonyl (C=O) groups excluding carboxylic acids is 1. The first-order chi connectivity index (χ1) is 12.7. The molecule has 0 aliphatic carbocycles. The summed E-state index contributed by atoms with van der Waals surface area (Å²) in [5, 5.41) is 33.2. The highest BCUT2D eigenvalue weighted by molar-refractivity contribution is 9.10. The van der Waals surface area contributed by atoms with Gasteiger partial charge in [0.05, 0.1) is 27.2 Å². The van der Waals surface area contributed by atoms with Crippen molar-refractivity contribution in [3.05, 3.63) is 66.7 Å². The van der Waals surface area contributed by atoms with Crippen LogP contribution in [0, 0.1) is 20.2 Å². The van der Waals surface area contributed by atoms with E-state index < -0.39 is 39.7 Å². The summed E-state index contributed by atoms with van der Waals surface area (Å²) in [5.74, 6) is -2.37. The monoisotopic (exact) mass is 439 g/mol. The van der Waals surface area contributed by atoms with Crippen molar-refractivity contribution < 1.29 is 29.3 Å². The number of ether oxygens (including phenoxy) is 1. The van der Waals surface area contributed by atoms with Gasteiger partial charge in [0.15, 0.2) is 12.4 Å². The molecule has 2 N–H and O–H groups in total. The summed E-state index contributed by atoms with van der Waals surface area (Å²) >= 11 is 3.12. The van der Waals surface area contributed by atoms with Gasteiger partial charge in [-0.15, -0.1) is 0 Å². The first-order valence-electron chi connectivity index (χ1n) is 7.07. The molecule has 0 fully saturated rings. The summed E-state index contributed by atoms with van der Waals surface area (Å²) in [7, 11) is 0. The van der Waals surface area contributed by atoms with Crippen LogP contribution in [0.1, 0.15) is 10.4 Å². The molecule has 0 bridgehead atoms. The Labute approximate surface area is 159 Å². The maximum Gasteiger partial charge on any atom is 0.337 e. The number of aromatic carboxylic acids is 1. The zero-order valence-electron chi connectivity index (χ0n) is 13.2. The Balaban J connectivity index is 2.14. The van der Waals surface area contributed by atoms with E-state index >= 15 is 0 Å². The molecule has 27 heavy (non-hydrogen) atoms. The highest BCUT2D eigenvalue weighted by atomic mass is 79.9. The number of nitro groups is 2. The van der Waals surface area contributed by atoms with Crippen molar-refractivity contribution in [2.75, 3.05) is 11.9 Å². The Bertz CT molecular complexity index is 947. The van der Waals surface area contributed by atoms with Crippen molar-refractivity contribution in [2.45, 2.75) is 0 Å². The SMILES string of the molecule is O=C(COc1ccc([N+](=O)[O-])cc1[N+](=O)[O-])Nc1ccc(Br)cc1C(=O)O. The Hall–Kier alpha value is -3.54. The van der Waals surface area contributed by atoms with Crippen LogP contribution in [0.3, 0.4) is 0 Å². The lowest BCUT2D eigenvalue weighted by Crippen LogP contribution is -2.21. The second-order valence-corrected chi connectivity index (χ2v) is 5.91. The fraction of sp³-hybridized carbons (Fsp3) is 0.0667. The summed E-state index contributed by atoms with van der Waals surface area (Å²) in [5.41, 5.74) is -1.33. The van der Waals surface area contributed by atoms with Crippen LogP contribution in [0.15, 0.2) is 40.9 Å². The topological polar surface area (TPSA) is 162 Å². The number of nitrogens with zero attached hydrogens (tertiary/aromatic N) is 2. The third-order valence-electron chi connectivity index (χ3n) is 3.19. The number of anilines is 1. The quantitative estimate of drug-likeness (QED) is 0.490. The van der Waals surface area contributed by atoms with E-state index in [-0.39, 0.29) is 17.0 Å². The number of carboxylic acid groups (broad SMARTS) is 1. The van der Waals surface area contributed by atoms with Crippen LogP contribution < -0.4 is 10.1 Å². The van der Waals surface area contributed by atoms with Crippen LogP contribution in [0.25, 0.3) is 0 Å². The summed E-state index contributed by atoms with van der Waals surface area (Å²) in [6, 6.07) is 6.89. The van der Waals surface area contributed by atoms with E-state index in [1.807, 2.05) is 0 Å². The van der Waals surface area contributed by atoms with Crippen molar-refractivity contribution in [3.63, 3.8) is 0 Å². The van der Waals surface area contributed by atoms with Gasteiger partial charge < -0.3 is 15.2 Å². The fourth-order valence-corrected chi connectivity index (χ4v) is 2.38. The third kappa shape index (κ3) is 4.98. The molecule has 0 atom stereocenters. The van der Waals surface area contributed by atoms with Gasteiger partial charge in [0.1, 0.15) is 0 Å². The number of hydrogen-bond donors (Lipinski definition) is 2. The smallest absolute Gasteiger partial charge is 0.337 e. The molecule has 0 spiro atoms. The summed E-state index contributed by atoms with van der Waals surface area (Å²) in [6.07, 6.45) is 0. The standard InChI is InChI=1S/C15H10BrN3O8/c16-8-1-3-11(10(5-8)15(21)22)17-14(20)7-27-13-4-2-9(18(23)24)6-12(13)19(25)26/h1-6H,7H2,(H,17,20)(H,21,22). The molecule has 2 rings (SSSR count). The largest absolute Gasteiger partial charge is 0.478 e. The minimum absolute atomic E-state index is 0.0116. The lowest BCUT2D eigenvalue weighted by Gasteiger charge is -2.10. The Morgan fingerprint density at radius 3 is 2.41 bits per heavy atom. The van der Waals surface area contributed by atoms with E-state index in [1.165, 1.54) is 18.2 Å². The Kier molecular flexibility index (Phi) is 6.03. The summed E-state index contributed by atoms with van der Waals surface area (Å²) in [4.78, 5) is 43.2. The van der Waals surface area contributed by atoms with Crippen molar-refractivity contribution in [1.29, 1.82) is 0 Å². The van der Waals surface area contributed by atoms with E-state index in [9.17, 15) is 29.8 Å². The van der Waals surface area contributed by atoms with Gasteiger partial charge in [0, 0.05) is 10.5 Å². The Morgan fingerprint density at radius 1 is 1.11 bits per heavy atom. The number of non-ortho nitro benzene ring substituents is 1. The zero-order chi connectivity index (χ0) is 20.1. The predicted molar refractivity (Wildman–Crippen MR) is 95.0 cm³/mol. The average molecular weight is 440 g/mol. The molecular formula is C15H10BrN3O8. The van der Waals surface area contributed by atoms with Gasteiger partial charge in [-0.1, -0.05) is 15.9 Å². The number of amides is 1. The van der Waals surface area contributed by atoms with Crippen molar-refractivity contribution in [3.8, 4) is 5.75 Å². The van der Waals surface area contributed by atoms with Crippen LogP contribution in [-0.4, -0.2) is 33.4 Å². The van der Waals surface area contributed by atoms with Gasteiger partial charge >= 0.3 is 11.7 Å². The number of carboxylic acids is 1. The van der Waals surface area contributed by atoms with Crippen LogP contribution in [-0.2, 0) is 4.79 Å². The van der Waals surface area contributed by atoms with Crippen LogP contribution in [0.5, 0.6) is 5.75 Å². The second kappa shape index (κ2) is 8.23. The van der Waals surface area contributed by atoms with Crippen molar-refractivity contribution in [2.24, 2.45) is 0 Å². The number of hydrogen-bond acceptors (Lipinski definition) is 7. The summed E-state index contributed by atoms with van der Waals surface area (Å²) in [6.45, 7) is -0.673. The number of halogens is 1. The molecular weight excluding hydrogens is 430 g/mol. The van der Waals surface area contributed by atoms with E-state index in [0.29, 0.717) is 10.5 Å². The maximum absolute atomic E-state index is 12.0. The molecule has 2 aromatic carbocycles. The first kappa shape index (κ1) is 19.8. The van der Waals surface area contributed by atoms with Gasteiger partial charge in [-0.3, -0.25) is 25.0 Å². The average Bonchev–Trinajstić information content (AvgIpc) is 2.60. The maximum atomic E-state index is 12.0. The lowest BCUT2D eigenvalue weighted by molar-refractivity contribution is -0.394. The predicted octanol–water partition coefficient (Wildman–Crippen LogP) is 2.98. The number of nitrogens with one attached hydrogen (secondary N) is 1. The molecule has 0 saturated heterocycles. The molecule has 0 aromatic heterocycles. The molecule has 1 amide bonds. The van der Waals surface area contributed by atoms with Gasteiger partial charge in [-0.25, -0.2) is 4.79 Å². The number of rotatable bonds is 7. The molecule has 0 radical (unpaired) electrons. The van der Waals surface area contributed by atoms with Crippen molar-refractivity contribution >= 4 is 44.9 Å². The number of carbonyl (C=O) groups is 2. The van der Waals surface area contributed by atoms with E-state index in [1.54, 1.807) is 0 Å². The van der Waals surface area contributed by atoms with Crippen molar-refractivity contribution in [1.82, 2.24) is 0 Å². The van der Waals surface area contributed by atoms with E-state index in [4.69, 9.17) is 9.84 Å². The van der Waals surface area contributed by atoms with E-state index in [2.05, 4.69) is 21.2 Å². The molecule has 11 nitrogen and oxygen atoms in total. The minimum atomic E-state index is -1.27. The first-order valence-corrected chi connectivity index (χ1v) is 7.86. The molecule has 0 aliphatic heterocycles. The fourth-order valence-electron chi connectivity index (χ4n) is 2.02. The van der Waals surface area contributed by atoms with Crippen LogP contribution >= 0.6 is 15.9 Å². The molecule has 12 heteroatoms. The van der Waals surface area contributed by atoms with Gasteiger partial charge in [-0.05, 0) is 24.3 Å². The number of nitro benzene ring substituents is 2. The molecule has 2 aromatic rings. The van der Waals surface area contributed by atoms with Crippen LogP contribution in [0.2, 0.25) is 0 Å². The number of benzene rings is 2. The molecule has 0 unspecified atom stereocenters. The zero-order valence-corrected chi connectivity index (χ0v) is 14.8. The van der Waals surface area contributed by atoms with E-state index in [0.717, 1.165) is 12.1 Å². The molecule has 0 aliphatic rings. The van der Waals surface area contributed by atoms with Gasteiger partial charge in [0.2, 0.25) is 0 Å². The van der Waals surface area contributed by atoms with Crippen LogP contribution in [0.4, 0.5) is 17.1 Å². The second-order valence-electron chi connectivity index (χ2n) is 5.00. The minimum Gasteiger partial charge on any atom is -0.478 e. The molecule has 0 saturated carbocycles. The van der Waals surface area contributed by atoms with Gasteiger partial charge in [-0.2, -0.15) is 0 Å². The van der Waals surface area contributed by atoms with Gasteiger partial charge in [0.25, 0.3) is 11.6 Å². The highest BCUT2D eigenvalue weighted by Crippen LogP contribution is 2.31. The molecule has 140 valence electrons. The molecule has 0 heterocycles. The Morgan fingerprint density at radius 2 is 1.81 bits per heavy atom. The third-order valence-corrected chi connectivity index (χ3v) is 3.69. The summed E-state index contributed by atoms with van der Waals surface area (Å²) < 4.78 is 5.55. The normalized spacial score (nSPS) is 10.1. The lowest BCUT2D eigenvalue weighted by atomic mass is 10.2. The highest BCUT2D eigenvalue weighted by Gasteiger charge is 2.21.